The summed E-state index contributed by atoms with van der Waals surface area (Å²) in [7, 11) is 0. The number of aliphatic hydroxyl groups excluding tert-OH is 1. The third-order valence-corrected chi connectivity index (χ3v) is 11.5. The third-order valence-electron chi connectivity index (χ3n) is 11.2. The highest BCUT2D eigenvalue weighted by molar-refractivity contribution is 6.33. The van der Waals surface area contributed by atoms with Gasteiger partial charge < -0.3 is 43.8 Å². The lowest BCUT2D eigenvalue weighted by Gasteiger charge is -2.36. The van der Waals surface area contributed by atoms with Crippen molar-refractivity contribution in [1.29, 1.82) is 0 Å². The molecule has 0 radical (unpaired) electrons. The number of guanidine groups is 1. The van der Waals surface area contributed by atoms with Gasteiger partial charge in [-0.25, -0.2) is 29.3 Å². The summed E-state index contributed by atoms with van der Waals surface area (Å²) in [5, 5.41) is 20.4. The van der Waals surface area contributed by atoms with E-state index in [0.717, 1.165) is 0 Å². The summed E-state index contributed by atoms with van der Waals surface area (Å²) < 4.78 is 35.8. The Morgan fingerprint density at radius 1 is 0.938 bits per heavy atom. The second kappa shape index (κ2) is 19.6. The summed E-state index contributed by atoms with van der Waals surface area (Å²) in [4.78, 5) is 85.6. The van der Waals surface area contributed by atoms with Crippen LogP contribution >= 0.6 is 11.6 Å². The summed E-state index contributed by atoms with van der Waals surface area (Å²) in [6, 6.07) is -3.56. The molecule has 2 saturated heterocycles. The molecular weight excluding hydrogens is 868 g/mol. The molecule has 1 saturated carbocycles. The van der Waals surface area contributed by atoms with E-state index in [0.29, 0.717) is 29.4 Å². The average molecular weight is 936 g/mol. The Morgan fingerprint density at radius 2 is 1.51 bits per heavy atom. The highest BCUT2D eigenvalue weighted by atomic mass is 35.5. The van der Waals surface area contributed by atoms with Crippen LogP contribution in [0.25, 0.3) is 11.0 Å². The number of aromatic amines is 1. The molecule has 0 spiro atoms. The Morgan fingerprint density at radius 3 is 2.05 bits per heavy atom. The second-order valence-electron chi connectivity index (χ2n) is 20.2. The number of esters is 1. The molecular formula is C44H67ClN8O12. The van der Waals surface area contributed by atoms with Gasteiger partial charge in [-0.2, -0.15) is 0 Å². The quantitative estimate of drug-likeness (QED) is 0.0598. The lowest BCUT2D eigenvalue weighted by molar-refractivity contribution is -0.173. The third kappa shape index (κ3) is 12.6. The summed E-state index contributed by atoms with van der Waals surface area (Å²) in [5.74, 6) is -5.04. The van der Waals surface area contributed by atoms with Crippen LogP contribution in [0.3, 0.4) is 0 Å². The number of nitrogens with zero attached hydrogens (tertiary/aromatic N) is 4. The summed E-state index contributed by atoms with van der Waals surface area (Å²) >= 11 is 6.42. The predicted molar refractivity (Wildman–Crippen MR) is 238 cm³/mol. The minimum atomic E-state index is -1.45. The maximum Gasteiger partial charge on any atom is 0.414 e. The Balaban J connectivity index is 1.54. The number of carbonyl (C=O) groups excluding carboxylic acids is 5. The molecule has 65 heavy (non-hydrogen) atoms. The van der Waals surface area contributed by atoms with E-state index in [4.69, 9.17) is 45.0 Å². The van der Waals surface area contributed by atoms with Crippen molar-refractivity contribution in [3.05, 3.63) is 23.2 Å². The molecule has 0 bridgehead atoms. The number of rotatable bonds is 10. The summed E-state index contributed by atoms with van der Waals surface area (Å²) in [5.41, 5.74) is -1.36. The minimum absolute atomic E-state index is 0.145. The zero-order valence-electron chi connectivity index (χ0n) is 39.9. The van der Waals surface area contributed by atoms with Crippen molar-refractivity contribution in [2.75, 3.05) is 6.61 Å². The Hall–Kier alpha value is -4.79. The normalized spacial score (nSPS) is 25.7. The molecule has 5 rings (SSSR count). The van der Waals surface area contributed by atoms with Crippen LogP contribution in [0.15, 0.2) is 17.5 Å². The van der Waals surface area contributed by atoms with Crippen molar-refractivity contribution in [1.82, 2.24) is 35.8 Å². The number of carbonyl (C=O) groups is 5. The molecule has 0 aromatic carbocycles. The lowest BCUT2D eigenvalue weighted by Crippen LogP contribution is -2.52. The standard InChI is InChI=1S/C44H67ClN8O12/c1-15-22(16-2)28(49-21(3)54)27-25(50-37(51-38(57)63-41(4,5)6)52-39(58)64-42(7,8)9)17-23(32(27)55)36(56)60-19-26-33-34(62-44(13,14)61-33)31(53(26)40(59)65-43(10,11)12)24-18-46-30-29(24)47-20-48-35(30)45/h18,20,22-23,25-28,31-34,46,55H,15-17,19H2,1-14H3,(H,49,54)(H2,50,51,52,57,58)/t23-,25+,26+,27+,28?,31-,32+,33+,34-/m0/s1. The van der Waals surface area contributed by atoms with Gasteiger partial charge in [-0.05, 0) is 88.5 Å². The number of aliphatic imine (C=N–C) groups is 1. The maximum absolute atomic E-state index is 14.5. The van der Waals surface area contributed by atoms with Gasteiger partial charge in [-0.15, -0.1) is 0 Å². The van der Waals surface area contributed by atoms with Crippen LogP contribution in [0.1, 0.15) is 128 Å². The number of fused-ring (bicyclic) bond motifs is 2. The minimum Gasteiger partial charge on any atom is -0.463 e. The number of hydrogen-bond acceptors (Lipinski definition) is 15. The number of nitrogens with one attached hydrogen (secondary N) is 4. The number of hydrogen-bond donors (Lipinski definition) is 5. The van der Waals surface area contributed by atoms with E-state index in [1.165, 1.54) is 18.2 Å². The predicted octanol–water partition coefficient (Wildman–Crippen LogP) is 6.05. The molecule has 3 aliphatic rings. The fraction of sp³-hybridized carbons (Fsp3) is 0.727. The molecule has 20 nitrogen and oxygen atoms in total. The van der Waals surface area contributed by atoms with Gasteiger partial charge in [0.05, 0.1) is 35.7 Å². The zero-order chi connectivity index (χ0) is 48.6. The first-order valence-electron chi connectivity index (χ1n) is 22.1. The topological polar surface area (TPSA) is 254 Å². The smallest absolute Gasteiger partial charge is 0.414 e. The van der Waals surface area contributed by atoms with E-state index in [9.17, 15) is 29.1 Å². The van der Waals surface area contributed by atoms with Crippen molar-refractivity contribution in [2.45, 2.75) is 181 Å². The van der Waals surface area contributed by atoms with Crippen LogP contribution in [0.5, 0.6) is 0 Å². The number of halogens is 1. The first kappa shape index (κ1) is 51.2. The molecule has 2 aromatic rings. The lowest BCUT2D eigenvalue weighted by atomic mass is 9.80. The van der Waals surface area contributed by atoms with Gasteiger partial charge in [-0.3, -0.25) is 25.1 Å². The number of amides is 4. The van der Waals surface area contributed by atoms with Crippen molar-refractivity contribution in [3.8, 4) is 0 Å². The van der Waals surface area contributed by atoms with E-state index in [2.05, 4.69) is 30.9 Å². The van der Waals surface area contributed by atoms with Crippen LogP contribution in [0, 0.1) is 17.8 Å². The van der Waals surface area contributed by atoms with Crippen LogP contribution in [-0.2, 0) is 38.0 Å². The zero-order valence-corrected chi connectivity index (χ0v) is 40.6. The molecule has 2 aliphatic heterocycles. The van der Waals surface area contributed by atoms with Crippen molar-refractivity contribution in [2.24, 2.45) is 22.7 Å². The maximum atomic E-state index is 14.5. The molecule has 4 heterocycles. The second-order valence-corrected chi connectivity index (χ2v) is 20.6. The van der Waals surface area contributed by atoms with Gasteiger partial charge >= 0.3 is 24.2 Å². The molecule has 21 heteroatoms. The number of alkyl carbamates (subject to hydrolysis) is 2. The van der Waals surface area contributed by atoms with Gasteiger partial charge in [0, 0.05) is 30.6 Å². The highest BCUT2D eigenvalue weighted by Gasteiger charge is 2.62. The van der Waals surface area contributed by atoms with Gasteiger partial charge in [0.1, 0.15) is 47.5 Å². The molecule has 362 valence electrons. The van der Waals surface area contributed by atoms with Crippen molar-refractivity contribution < 1.29 is 57.5 Å². The van der Waals surface area contributed by atoms with Gasteiger partial charge in [0.25, 0.3) is 0 Å². The molecule has 1 unspecified atom stereocenters. The van der Waals surface area contributed by atoms with Crippen LogP contribution in [0.4, 0.5) is 14.4 Å². The highest BCUT2D eigenvalue weighted by Crippen LogP contribution is 2.49. The van der Waals surface area contributed by atoms with E-state index in [-0.39, 0.29) is 29.4 Å². The van der Waals surface area contributed by atoms with Gasteiger partial charge in [-0.1, -0.05) is 38.3 Å². The average Bonchev–Trinajstić information content (AvgIpc) is 3.87. The van der Waals surface area contributed by atoms with E-state index in [1.54, 1.807) is 82.4 Å². The molecule has 9 atom stereocenters. The summed E-state index contributed by atoms with van der Waals surface area (Å²) in [6.07, 6.45) is -1.69. The number of aromatic nitrogens is 3. The fourth-order valence-electron chi connectivity index (χ4n) is 8.88. The van der Waals surface area contributed by atoms with Crippen molar-refractivity contribution >= 4 is 58.8 Å². The van der Waals surface area contributed by atoms with Gasteiger partial charge in [0.15, 0.2) is 10.9 Å². The molecule has 4 amide bonds. The van der Waals surface area contributed by atoms with E-state index >= 15 is 0 Å². The molecule has 3 fully saturated rings. The monoisotopic (exact) mass is 934 g/mol. The summed E-state index contributed by atoms with van der Waals surface area (Å²) in [6.45, 7) is 23.5. The van der Waals surface area contributed by atoms with Crippen LogP contribution in [-0.4, -0.2) is 127 Å². The van der Waals surface area contributed by atoms with Gasteiger partial charge in [0.2, 0.25) is 11.9 Å². The number of H-pyrrole nitrogens is 1. The first-order valence-corrected chi connectivity index (χ1v) is 22.4. The fourth-order valence-corrected chi connectivity index (χ4v) is 9.06. The van der Waals surface area contributed by atoms with E-state index < -0.39 is 108 Å². The Labute approximate surface area is 385 Å². The van der Waals surface area contributed by atoms with Crippen molar-refractivity contribution in [3.63, 3.8) is 0 Å². The largest absolute Gasteiger partial charge is 0.463 e. The SMILES string of the molecule is CCC(CC)C(NC(C)=O)[C@@H]1[C@H](O)[C@@H](C(=O)OC[C@@H]2[C@H]3OC(C)(C)O[C@H]3[C@H](c3c[nH]c4c(Cl)ncnc34)N2C(=O)OC(C)(C)C)C[C@H]1N=C(NC(=O)OC(C)(C)C)NC(=O)OC(C)(C)C. The first-order chi connectivity index (χ1) is 30.0. The van der Waals surface area contributed by atoms with Crippen LogP contribution in [0.2, 0.25) is 5.15 Å². The number of ether oxygens (including phenoxy) is 6. The molecule has 5 N–H and O–H groups in total. The molecule has 2 aromatic heterocycles. The number of likely N-dealkylation sites (tertiary alicyclic amines) is 1. The number of aliphatic hydroxyl groups is 1. The Kier molecular flexibility index (Phi) is 15.4. The van der Waals surface area contributed by atoms with E-state index in [1.807, 2.05) is 13.8 Å². The van der Waals surface area contributed by atoms with Crippen LogP contribution < -0.4 is 16.0 Å². The molecule has 1 aliphatic carbocycles. The Bertz CT molecular complexity index is 2070.